The second-order valence-electron chi connectivity index (χ2n) is 7.47. The lowest BCUT2D eigenvalue weighted by molar-refractivity contribution is 0.182. The van der Waals surface area contributed by atoms with Crippen LogP contribution in [0.25, 0.3) is 0 Å². The molecule has 2 heterocycles. The Labute approximate surface area is 171 Å². The van der Waals surface area contributed by atoms with Crippen LogP contribution in [0.5, 0.6) is 5.75 Å². The van der Waals surface area contributed by atoms with Gasteiger partial charge in [-0.15, -0.1) is 0 Å². The minimum absolute atomic E-state index is 0.0803. The van der Waals surface area contributed by atoms with Crippen molar-refractivity contribution in [1.29, 1.82) is 0 Å². The van der Waals surface area contributed by atoms with Crippen molar-refractivity contribution in [1.82, 2.24) is 9.47 Å². The zero-order valence-corrected chi connectivity index (χ0v) is 17.2. The number of aryl methyl sites for hydroxylation is 2. The molecule has 0 fully saturated rings. The van der Waals surface area contributed by atoms with Gasteiger partial charge in [-0.25, -0.2) is 4.79 Å². The maximum atomic E-state index is 13.3. The Kier molecular flexibility index (Phi) is 5.30. The molecule has 29 heavy (non-hydrogen) atoms. The first-order valence-corrected chi connectivity index (χ1v) is 10.1. The Morgan fingerprint density at radius 1 is 1.10 bits per heavy atom. The van der Waals surface area contributed by atoms with E-state index in [1.807, 2.05) is 49.1 Å². The van der Waals surface area contributed by atoms with Crippen LogP contribution >= 0.6 is 0 Å². The van der Waals surface area contributed by atoms with Crippen molar-refractivity contribution in [2.45, 2.75) is 33.4 Å². The van der Waals surface area contributed by atoms with E-state index in [2.05, 4.69) is 47.3 Å². The summed E-state index contributed by atoms with van der Waals surface area (Å²) in [6.45, 7) is 8.12. The van der Waals surface area contributed by atoms with Crippen molar-refractivity contribution in [2.24, 2.45) is 0 Å². The molecule has 0 bridgehead atoms. The number of benzene rings is 2. The maximum Gasteiger partial charge on any atom is 0.322 e. The van der Waals surface area contributed by atoms with Crippen LogP contribution in [0.2, 0.25) is 0 Å². The number of carbonyl (C=O) groups excluding carboxylic acids is 1. The van der Waals surface area contributed by atoms with Crippen LogP contribution in [0.1, 0.15) is 35.3 Å². The fraction of sp³-hybridized carbons (Fsp3) is 0.292. The third kappa shape index (κ3) is 3.86. The van der Waals surface area contributed by atoms with Gasteiger partial charge in [0, 0.05) is 30.7 Å². The number of fused-ring (bicyclic) bond motifs is 1. The fourth-order valence-corrected chi connectivity index (χ4v) is 4.01. The van der Waals surface area contributed by atoms with Gasteiger partial charge in [-0.3, -0.25) is 0 Å². The van der Waals surface area contributed by atoms with Crippen LogP contribution in [0.3, 0.4) is 0 Å². The van der Waals surface area contributed by atoms with E-state index in [1.54, 1.807) is 0 Å². The van der Waals surface area contributed by atoms with E-state index in [1.165, 1.54) is 5.56 Å². The molecule has 5 heteroatoms. The number of hydrogen-bond donors (Lipinski definition) is 1. The van der Waals surface area contributed by atoms with Gasteiger partial charge in [-0.1, -0.05) is 29.8 Å². The molecular formula is C24H27N3O2. The molecule has 1 atom stereocenters. The van der Waals surface area contributed by atoms with E-state index in [0.717, 1.165) is 34.8 Å². The number of anilines is 1. The molecule has 3 aromatic rings. The highest BCUT2D eigenvalue weighted by atomic mass is 16.5. The van der Waals surface area contributed by atoms with Crippen molar-refractivity contribution < 1.29 is 9.53 Å². The van der Waals surface area contributed by atoms with Crippen LogP contribution in [0, 0.1) is 13.8 Å². The van der Waals surface area contributed by atoms with E-state index in [9.17, 15) is 4.79 Å². The zero-order chi connectivity index (χ0) is 20.4. The van der Waals surface area contributed by atoms with Crippen molar-refractivity contribution in [3.05, 3.63) is 83.2 Å². The largest absolute Gasteiger partial charge is 0.494 e. The number of hydrogen-bond acceptors (Lipinski definition) is 2. The molecule has 5 nitrogen and oxygen atoms in total. The Morgan fingerprint density at radius 2 is 1.90 bits per heavy atom. The quantitative estimate of drug-likeness (QED) is 0.671. The number of nitrogens with one attached hydrogen (secondary N) is 1. The van der Waals surface area contributed by atoms with Crippen LogP contribution in [-0.4, -0.2) is 28.6 Å². The fourth-order valence-electron chi connectivity index (χ4n) is 4.01. The minimum Gasteiger partial charge on any atom is -0.494 e. The number of aromatic nitrogens is 1. The number of ether oxygens (including phenoxy) is 1. The Morgan fingerprint density at radius 3 is 2.62 bits per heavy atom. The summed E-state index contributed by atoms with van der Waals surface area (Å²) in [4.78, 5) is 15.2. The molecule has 1 aromatic heterocycles. The molecular weight excluding hydrogens is 362 g/mol. The van der Waals surface area contributed by atoms with Crippen LogP contribution in [0.15, 0.2) is 60.8 Å². The van der Waals surface area contributed by atoms with Gasteiger partial charge in [0.05, 0.1) is 12.6 Å². The van der Waals surface area contributed by atoms with E-state index in [0.29, 0.717) is 13.2 Å². The molecule has 0 unspecified atom stereocenters. The first-order chi connectivity index (χ1) is 14.1. The molecule has 4 rings (SSSR count). The summed E-state index contributed by atoms with van der Waals surface area (Å²) in [6, 6.07) is 18.0. The Bertz CT molecular complexity index is 1010. The van der Waals surface area contributed by atoms with Crippen LogP contribution in [0.4, 0.5) is 10.5 Å². The lowest BCUT2D eigenvalue weighted by atomic mass is 10.00. The predicted molar refractivity (Wildman–Crippen MR) is 116 cm³/mol. The van der Waals surface area contributed by atoms with Gasteiger partial charge in [0.2, 0.25) is 0 Å². The lowest BCUT2D eigenvalue weighted by Crippen LogP contribution is -2.44. The van der Waals surface area contributed by atoms with Crippen molar-refractivity contribution in [3.63, 3.8) is 0 Å². The summed E-state index contributed by atoms with van der Waals surface area (Å²) >= 11 is 0. The Balaban J connectivity index is 1.64. The average molecular weight is 389 g/mol. The third-order valence-corrected chi connectivity index (χ3v) is 5.43. The molecule has 0 radical (unpaired) electrons. The number of carbonyl (C=O) groups is 1. The molecule has 1 aliphatic rings. The topological polar surface area (TPSA) is 46.5 Å². The number of rotatable bonds is 4. The number of nitrogens with zero attached hydrogens (tertiary/aromatic N) is 2. The van der Waals surface area contributed by atoms with Gasteiger partial charge in [-0.05, 0) is 62.2 Å². The highest BCUT2D eigenvalue weighted by Crippen LogP contribution is 2.34. The number of urea groups is 1. The first-order valence-electron chi connectivity index (χ1n) is 10.1. The maximum absolute atomic E-state index is 13.3. The van der Waals surface area contributed by atoms with Gasteiger partial charge in [0.25, 0.3) is 0 Å². The predicted octanol–water partition coefficient (Wildman–Crippen LogP) is 5.14. The van der Waals surface area contributed by atoms with Crippen molar-refractivity contribution >= 4 is 11.7 Å². The molecule has 0 saturated carbocycles. The normalized spacial score (nSPS) is 15.7. The number of amides is 2. The molecule has 0 spiro atoms. The van der Waals surface area contributed by atoms with E-state index >= 15 is 0 Å². The van der Waals surface area contributed by atoms with Crippen LogP contribution < -0.4 is 10.1 Å². The molecule has 0 aliphatic carbocycles. The van der Waals surface area contributed by atoms with Gasteiger partial charge < -0.3 is 19.5 Å². The standard InChI is InChI=1S/C24H27N3O2/c1-4-29-20-10-8-19(9-11-20)23-22-6-5-13-26(22)14-15-27(23)24(28)25-21-12-7-17(2)16-18(21)3/h5-13,16,23H,4,14-15H2,1-3H3,(H,25,28)/t23-/m0/s1. The summed E-state index contributed by atoms with van der Waals surface area (Å²) in [7, 11) is 0. The second kappa shape index (κ2) is 8.03. The SMILES string of the molecule is CCOc1ccc([C@H]2c3cccn3CCN2C(=O)Nc2ccc(C)cc2C)cc1. The molecule has 0 saturated heterocycles. The summed E-state index contributed by atoms with van der Waals surface area (Å²) in [5.41, 5.74) is 5.30. The lowest BCUT2D eigenvalue weighted by Gasteiger charge is -2.37. The summed E-state index contributed by atoms with van der Waals surface area (Å²) < 4.78 is 7.80. The molecule has 1 aliphatic heterocycles. The smallest absolute Gasteiger partial charge is 0.322 e. The van der Waals surface area contributed by atoms with Gasteiger partial charge in [0.1, 0.15) is 5.75 Å². The monoisotopic (exact) mass is 389 g/mol. The molecule has 2 amide bonds. The van der Waals surface area contributed by atoms with Crippen LogP contribution in [-0.2, 0) is 6.54 Å². The van der Waals surface area contributed by atoms with Crippen molar-refractivity contribution in [2.75, 3.05) is 18.5 Å². The molecule has 1 N–H and O–H groups in total. The van der Waals surface area contributed by atoms with Crippen molar-refractivity contribution in [3.8, 4) is 5.75 Å². The molecule has 150 valence electrons. The van der Waals surface area contributed by atoms with E-state index in [4.69, 9.17) is 4.74 Å². The van der Waals surface area contributed by atoms with Gasteiger partial charge in [0.15, 0.2) is 0 Å². The summed E-state index contributed by atoms with van der Waals surface area (Å²) in [6.07, 6.45) is 2.08. The van der Waals surface area contributed by atoms with E-state index < -0.39 is 0 Å². The minimum atomic E-state index is -0.139. The van der Waals surface area contributed by atoms with Gasteiger partial charge in [-0.2, -0.15) is 0 Å². The Hall–Kier alpha value is -3.21. The summed E-state index contributed by atoms with van der Waals surface area (Å²) in [5.74, 6) is 0.841. The highest BCUT2D eigenvalue weighted by molar-refractivity contribution is 5.90. The molecule has 2 aromatic carbocycles. The summed E-state index contributed by atoms with van der Waals surface area (Å²) in [5, 5.41) is 3.11. The average Bonchev–Trinajstić information content (AvgIpc) is 3.19. The third-order valence-electron chi connectivity index (χ3n) is 5.43. The van der Waals surface area contributed by atoms with E-state index in [-0.39, 0.29) is 12.1 Å². The van der Waals surface area contributed by atoms with Gasteiger partial charge >= 0.3 is 6.03 Å². The second-order valence-corrected chi connectivity index (χ2v) is 7.47. The zero-order valence-electron chi connectivity index (χ0n) is 17.2. The highest BCUT2D eigenvalue weighted by Gasteiger charge is 2.32. The first kappa shape index (κ1) is 19.1.